The van der Waals surface area contributed by atoms with Gasteiger partial charge in [-0.1, -0.05) is 12.1 Å². The summed E-state index contributed by atoms with van der Waals surface area (Å²) in [6, 6.07) is 10.0. The van der Waals surface area contributed by atoms with E-state index in [1.165, 1.54) is 12.1 Å². The Kier molecular flexibility index (Phi) is 4.39. The van der Waals surface area contributed by atoms with Crippen LogP contribution in [0.15, 0.2) is 48.8 Å². The summed E-state index contributed by atoms with van der Waals surface area (Å²) in [6.07, 6.45) is 3.76. The Labute approximate surface area is 151 Å². The highest BCUT2D eigenvalue weighted by molar-refractivity contribution is 5.45. The summed E-state index contributed by atoms with van der Waals surface area (Å²) in [5.41, 5.74) is 0.811. The molecule has 0 radical (unpaired) electrons. The molecule has 2 saturated heterocycles. The zero-order valence-corrected chi connectivity index (χ0v) is 14.5. The first-order valence-corrected chi connectivity index (χ1v) is 8.97. The minimum atomic E-state index is -2.68. The number of aromatic nitrogens is 1. The molecule has 2 aromatic rings. The summed E-state index contributed by atoms with van der Waals surface area (Å²) in [5.74, 6) is -2.96. The van der Waals surface area contributed by atoms with Gasteiger partial charge in [-0.15, -0.1) is 0 Å². The van der Waals surface area contributed by atoms with Crippen molar-refractivity contribution in [3.8, 4) is 0 Å². The quantitative estimate of drug-likeness (QED) is 0.825. The van der Waals surface area contributed by atoms with E-state index in [4.69, 9.17) is 0 Å². The molecule has 1 aromatic carbocycles. The molecule has 0 unspecified atom stereocenters. The lowest BCUT2D eigenvalue weighted by Gasteiger charge is -2.46. The first-order chi connectivity index (χ1) is 12.5. The first-order valence-electron chi connectivity index (χ1n) is 8.97. The largest absolute Gasteiger partial charge is 0.369 e. The van der Waals surface area contributed by atoms with Gasteiger partial charge < -0.3 is 4.90 Å². The van der Waals surface area contributed by atoms with Crippen LogP contribution in [0, 0.1) is 11.2 Å². The van der Waals surface area contributed by atoms with Crippen LogP contribution in [-0.4, -0.2) is 42.0 Å². The zero-order chi connectivity index (χ0) is 18.2. The van der Waals surface area contributed by atoms with Crippen molar-refractivity contribution in [1.29, 1.82) is 0 Å². The normalized spacial score (nSPS) is 25.7. The Balaban J connectivity index is 1.51. The molecule has 1 aromatic heterocycles. The number of piperidine rings is 1. The summed E-state index contributed by atoms with van der Waals surface area (Å²) in [4.78, 5) is 8.20. The lowest BCUT2D eigenvalue weighted by Crippen LogP contribution is -2.56. The van der Waals surface area contributed by atoms with E-state index in [9.17, 15) is 13.2 Å². The van der Waals surface area contributed by atoms with Crippen LogP contribution in [0.1, 0.15) is 18.4 Å². The number of anilines is 1. The predicted molar refractivity (Wildman–Crippen MR) is 94.7 cm³/mol. The van der Waals surface area contributed by atoms with Gasteiger partial charge in [-0.25, -0.2) is 13.2 Å². The molecule has 6 heteroatoms. The summed E-state index contributed by atoms with van der Waals surface area (Å²) in [5, 5.41) is 0. The van der Waals surface area contributed by atoms with E-state index in [-0.39, 0.29) is 12.2 Å². The fourth-order valence-electron chi connectivity index (χ4n) is 4.23. The van der Waals surface area contributed by atoms with Crippen LogP contribution in [-0.2, 0) is 6.54 Å². The lowest BCUT2D eigenvalue weighted by atomic mass is 9.75. The Morgan fingerprint density at radius 3 is 2.54 bits per heavy atom. The molecule has 0 N–H and O–H groups in total. The van der Waals surface area contributed by atoms with Crippen molar-refractivity contribution >= 4 is 5.69 Å². The Morgan fingerprint density at radius 1 is 1.00 bits per heavy atom. The molecule has 1 spiro atoms. The summed E-state index contributed by atoms with van der Waals surface area (Å²) in [7, 11) is 0. The Bertz CT molecular complexity index is 751. The standard InChI is InChI=1S/C20H22F3N3/c21-17-5-3-16(4-6-17)13-25-10-8-20(22,23)19(14-25)7-11-26(15-19)18-2-1-9-24-12-18/h1-6,9,12H,7-8,10-11,13-15H2/t19-/m1/s1. The van der Waals surface area contributed by atoms with E-state index < -0.39 is 11.3 Å². The molecule has 26 heavy (non-hydrogen) atoms. The number of benzene rings is 1. The van der Waals surface area contributed by atoms with Crippen molar-refractivity contribution in [1.82, 2.24) is 9.88 Å². The molecule has 0 aliphatic carbocycles. The summed E-state index contributed by atoms with van der Waals surface area (Å²) < 4.78 is 42.9. The van der Waals surface area contributed by atoms with Crippen molar-refractivity contribution in [2.75, 3.05) is 31.1 Å². The van der Waals surface area contributed by atoms with E-state index in [0.717, 1.165) is 11.3 Å². The molecule has 0 bridgehead atoms. The van der Waals surface area contributed by atoms with Gasteiger partial charge in [0.1, 0.15) is 5.82 Å². The SMILES string of the molecule is Fc1ccc(CN2CCC(F)(F)[C@]3(CCN(c4cccnc4)C3)C2)cc1. The highest BCUT2D eigenvalue weighted by Crippen LogP contribution is 2.50. The second-order valence-electron chi connectivity index (χ2n) is 7.45. The van der Waals surface area contributed by atoms with Crippen molar-refractivity contribution < 1.29 is 13.2 Å². The first kappa shape index (κ1) is 17.3. The maximum Gasteiger partial charge on any atom is 0.257 e. The van der Waals surface area contributed by atoms with Crippen LogP contribution in [0.3, 0.4) is 0 Å². The Hall–Kier alpha value is -2.08. The number of hydrogen-bond acceptors (Lipinski definition) is 3. The predicted octanol–water partition coefficient (Wildman–Crippen LogP) is 3.96. The summed E-state index contributed by atoms with van der Waals surface area (Å²) in [6.45, 7) is 2.25. The zero-order valence-electron chi connectivity index (χ0n) is 14.5. The number of halogens is 3. The van der Waals surface area contributed by atoms with Gasteiger partial charge in [0.2, 0.25) is 0 Å². The fourth-order valence-corrected chi connectivity index (χ4v) is 4.23. The van der Waals surface area contributed by atoms with Crippen molar-refractivity contribution in [3.05, 3.63) is 60.2 Å². The third-order valence-corrected chi connectivity index (χ3v) is 5.73. The lowest BCUT2D eigenvalue weighted by molar-refractivity contribution is -0.158. The van der Waals surface area contributed by atoms with Gasteiger partial charge in [0, 0.05) is 45.3 Å². The molecule has 3 nitrogen and oxygen atoms in total. The third kappa shape index (κ3) is 3.18. The monoisotopic (exact) mass is 361 g/mol. The van der Waals surface area contributed by atoms with Crippen LogP contribution in [0.2, 0.25) is 0 Å². The summed E-state index contributed by atoms with van der Waals surface area (Å²) >= 11 is 0. The second-order valence-corrected chi connectivity index (χ2v) is 7.45. The maximum atomic E-state index is 14.9. The highest BCUT2D eigenvalue weighted by atomic mass is 19.3. The molecule has 2 aliphatic heterocycles. The van der Waals surface area contributed by atoms with Gasteiger partial charge in [0.15, 0.2) is 0 Å². The minimum absolute atomic E-state index is 0.130. The highest BCUT2D eigenvalue weighted by Gasteiger charge is 2.59. The smallest absolute Gasteiger partial charge is 0.257 e. The van der Waals surface area contributed by atoms with Crippen LogP contribution in [0.5, 0.6) is 0 Å². The molecule has 4 rings (SSSR count). The van der Waals surface area contributed by atoms with Crippen LogP contribution >= 0.6 is 0 Å². The number of hydrogen-bond donors (Lipinski definition) is 0. The van der Waals surface area contributed by atoms with Crippen molar-refractivity contribution in [3.63, 3.8) is 0 Å². The minimum Gasteiger partial charge on any atom is -0.369 e. The fraction of sp³-hybridized carbons (Fsp3) is 0.450. The molecule has 1 atom stereocenters. The van der Waals surface area contributed by atoms with Crippen LogP contribution in [0.4, 0.5) is 18.9 Å². The number of likely N-dealkylation sites (tertiary alicyclic amines) is 1. The number of pyridine rings is 1. The van der Waals surface area contributed by atoms with Crippen LogP contribution < -0.4 is 4.90 Å². The topological polar surface area (TPSA) is 19.4 Å². The van der Waals surface area contributed by atoms with Gasteiger partial charge in [-0.05, 0) is 36.2 Å². The van der Waals surface area contributed by atoms with E-state index >= 15 is 0 Å². The van der Waals surface area contributed by atoms with Crippen LogP contribution in [0.25, 0.3) is 0 Å². The third-order valence-electron chi connectivity index (χ3n) is 5.73. The number of nitrogens with zero attached hydrogens (tertiary/aromatic N) is 3. The van der Waals surface area contributed by atoms with Crippen molar-refractivity contribution in [2.24, 2.45) is 5.41 Å². The number of alkyl halides is 2. The van der Waals surface area contributed by atoms with E-state index in [1.807, 2.05) is 17.0 Å². The molecule has 3 heterocycles. The van der Waals surface area contributed by atoms with Gasteiger partial charge >= 0.3 is 0 Å². The average molecular weight is 361 g/mol. The molecular weight excluding hydrogens is 339 g/mol. The van der Waals surface area contributed by atoms with Crippen molar-refractivity contribution in [2.45, 2.75) is 25.3 Å². The van der Waals surface area contributed by atoms with E-state index in [2.05, 4.69) is 9.88 Å². The van der Waals surface area contributed by atoms with Gasteiger partial charge in [0.25, 0.3) is 5.92 Å². The molecule has 0 saturated carbocycles. The molecular formula is C20H22F3N3. The van der Waals surface area contributed by atoms with Gasteiger partial charge in [0.05, 0.1) is 17.3 Å². The van der Waals surface area contributed by atoms with Gasteiger partial charge in [-0.2, -0.15) is 0 Å². The van der Waals surface area contributed by atoms with Gasteiger partial charge in [-0.3, -0.25) is 9.88 Å². The molecule has 138 valence electrons. The molecule has 2 aliphatic rings. The molecule has 2 fully saturated rings. The van der Waals surface area contributed by atoms with E-state index in [1.54, 1.807) is 24.5 Å². The second kappa shape index (κ2) is 6.58. The Morgan fingerprint density at radius 2 is 1.81 bits per heavy atom. The maximum absolute atomic E-state index is 14.9. The molecule has 0 amide bonds. The van der Waals surface area contributed by atoms with E-state index in [0.29, 0.717) is 39.1 Å². The average Bonchev–Trinajstić information content (AvgIpc) is 3.07. The number of rotatable bonds is 3.